The van der Waals surface area contributed by atoms with Crippen LogP contribution in [0.15, 0.2) is 11.6 Å². The van der Waals surface area contributed by atoms with Crippen LogP contribution in [0.4, 0.5) is 0 Å². The number of fused-ring (bicyclic) bond motifs is 5. The molecule has 2 heteroatoms. The number of allylic oxidation sites excluding steroid dienone is 2. The second-order valence-corrected chi connectivity index (χ2v) is 9.31. The van der Waals surface area contributed by atoms with Gasteiger partial charge < -0.3 is 9.84 Å². The van der Waals surface area contributed by atoms with Crippen molar-refractivity contribution in [2.75, 3.05) is 13.7 Å². The van der Waals surface area contributed by atoms with E-state index in [1.165, 1.54) is 38.5 Å². The Balaban J connectivity index is 1.56. The van der Waals surface area contributed by atoms with Gasteiger partial charge in [-0.2, -0.15) is 0 Å². The highest BCUT2D eigenvalue weighted by molar-refractivity contribution is 5.23. The van der Waals surface area contributed by atoms with E-state index in [9.17, 15) is 5.11 Å². The van der Waals surface area contributed by atoms with E-state index in [4.69, 9.17) is 4.74 Å². The molecule has 0 saturated heterocycles. The van der Waals surface area contributed by atoms with Crippen molar-refractivity contribution >= 4 is 0 Å². The lowest BCUT2D eigenvalue weighted by atomic mass is 9.52. The van der Waals surface area contributed by atoms with Crippen LogP contribution >= 0.6 is 0 Å². The van der Waals surface area contributed by atoms with Crippen LogP contribution in [0.25, 0.3) is 0 Å². The fourth-order valence-electron chi connectivity index (χ4n) is 7.52. The highest BCUT2D eigenvalue weighted by Crippen LogP contribution is 2.65. The van der Waals surface area contributed by atoms with Gasteiger partial charge in [0.2, 0.25) is 0 Å². The summed E-state index contributed by atoms with van der Waals surface area (Å²) < 4.78 is 5.33. The molecular weight excluding hydrogens is 284 g/mol. The summed E-state index contributed by atoms with van der Waals surface area (Å²) >= 11 is 0. The standard InChI is InChI=1S/C21H34O2/c1-4-15-6-8-19-17-7-5-14-11-21(22,13-23-3)12-18(14)16(17)9-10-20(15,19)2/h4,14,16-19,22H,5-13H2,1-3H3/b15-4-/t14-,16+,17-,18+,19+,20-,21+/m1/s1. The molecule has 0 unspecified atom stereocenters. The highest BCUT2D eigenvalue weighted by Gasteiger charge is 2.57. The van der Waals surface area contributed by atoms with Crippen LogP contribution in [0.5, 0.6) is 0 Å². The molecule has 23 heavy (non-hydrogen) atoms. The van der Waals surface area contributed by atoms with Crippen LogP contribution in [0, 0.1) is 35.0 Å². The van der Waals surface area contributed by atoms with Crippen molar-refractivity contribution < 1.29 is 9.84 Å². The zero-order chi connectivity index (χ0) is 16.2. The molecule has 4 saturated carbocycles. The van der Waals surface area contributed by atoms with E-state index >= 15 is 0 Å². The van der Waals surface area contributed by atoms with E-state index in [-0.39, 0.29) is 0 Å². The fourth-order valence-corrected chi connectivity index (χ4v) is 7.52. The number of aliphatic hydroxyl groups is 1. The molecule has 4 aliphatic carbocycles. The zero-order valence-electron chi connectivity index (χ0n) is 15.2. The first kappa shape index (κ1) is 16.1. The van der Waals surface area contributed by atoms with Crippen LogP contribution in [0.3, 0.4) is 0 Å². The quantitative estimate of drug-likeness (QED) is 0.756. The Kier molecular flexibility index (Phi) is 3.93. The van der Waals surface area contributed by atoms with Gasteiger partial charge >= 0.3 is 0 Å². The molecule has 4 fully saturated rings. The van der Waals surface area contributed by atoms with E-state index in [2.05, 4.69) is 19.9 Å². The topological polar surface area (TPSA) is 29.5 Å². The van der Waals surface area contributed by atoms with Gasteiger partial charge in [-0.15, -0.1) is 0 Å². The number of methoxy groups -OCH3 is 1. The summed E-state index contributed by atoms with van der Waals surface area (Å²) in [6, 6.07) is 0. The summed E-state index contributed by atoms with van der Waals surface area (Å²) in [5, 5.41) is 10.9. The number of hydrogen-bond donors (Lipinski definition) is 1. The van der Waals surface area contributed by atoms with Crippen LogP contribution in [-0.2, 0) is 4.74 Å². The largest absolute Gasteiger partial charge is 0.387 e. The predicted molar refractivity (Wildman–Crippen MR) is 93.1 cm³/mol. The molecule has 0 aromatic rings. The molecule has 0 heterocycles. The molecule has 0 amide bonds. The Bertz CT molecular complexity index is 498. The van der Waals surface area contributed by atoms with E-state index in [1.54, 1.807) is 12.7 Å². The molecule has 0 aromatic carbocycles. The lowest BCUT2D eigenvalue weighted by Gasteiger charge is -2.52. The zero-order valence-corrected chi connectivity index (χ0v) is 15.2. The lowest BCUT2D eigenvalue weighted by molar-refractivity contribution is -0.0377. The van der Waals surface area contributed by atoms with Crippen molar-refractivity contribution in [1.29, 1.82) is 0 Å². The minimum absolute atomic E-state index is 0.490. The van der Waals surface area contributed by atoms with Gasteiger partial charge in [0, 0.05) is 7.11 Å². The van der Waals surface area contributed by atoms with Crippen molar-refractivity contribution in [3.63, 3.8) is 0 Å². The molecule has 2 nitrogen and oxygen atoms in total. The third-order valence-electron chi connectivity index (χ3n) is 8.39. The van der Waals surface area contributed by atoms with Crippen molar-refractivity contribution in [2.24, 2.45) is 35.0 Å². The van der Waals surface area contributed by atoms with E-state index in [0.29, 0.717) is 12.0 Å². The third kappa shape index (κ3) is 2.35. The second-order valence-electron chi connectivity index (χ2n) is 9.31. The molecule has 7 atom stereocenters. The van der Waals surface area contributed by atoms with Crippen molar-refractivity contribution in [3.8, 4) is 0 Å². The Labute approximate surface area is 141 Å². The summed E-state index contributed by atoms with van der Waals surface area (Å²) in [5.74, 6) is 4.20. The van der Waals surface area contributed by atoms with E-state index in [0.717, 1.165) is 42.4 Å². The average molecular weight is 319 g/mol. The van der Waals surface area contributed by atoms with Gasteiger partial charge in [-0.3, -0.25) is 0 Å². The smallest absolute Gasteiger partial charge is 0.0885 e. The van der Waals surface area contributed by atoms with Gasteiger partial charge in [-0.25, -0.2) is 0 Å². The Hall–Kier alpha value is -0.340. The first-order valence-corrected chi connectivity index (χ1v) is 9.88. The molecular formula is C21H34O2. The Morgan fingerprint density at radius 2 is 1.96 bits per heavy atom. The lowest BCUT2D eigenvalue weighted by Crippen LogP contribution is -2.45. The average Bonchev–Trinajstić information content (AvgIpc) is 3.03. The van der Waals surface area contributed by atoms with Crippen LogP contribution in [0.2, 0.25) is 0 Å². The Morgan fingerprint density at radius 1 is 1.13 bits per heavy atom. The van der Waals surface area contributed by atoms with Crippen LogP contribution in [0.1, 0.15) is 65.2 Å². The summed E-state index contributed by atoms with van der Waals surface area (Å²) in [5.41, 5.74) is 1.69. The molecule has 0 radical (unpaired) electrons. The van der Waals surface area contributed by atoms with Gasteiger partial charge in [-0.05, 0) is 93.3 Å². The first-order valence-electron chi connectivity index (χ1n) is 9.88. The van der Waals surface area contributed by atoms with Gasteiger partial charge in [0.1, 0.15) is 0 Å². The molecule has 130 valence electrons. The molecule has 0 bridgehead atoms. The van der Waals surface area contributed by atoms with Crippen LogP contribution < -0.4 is 0 Å². The number of hydrogen-bond acceptors (Lipinski definition) is 2. The maximum absolute atomic E-state index is 10.9. The second kappa shape index (κ2) is 5.59. The SMILES string of the molecule is C/C=C1/CC[C@H]2[C@@H]3CC[C@@H]4C[C@@](O)(COC)C[C@@H]4[C@H]3CC[C@]12C. The number of ether oxygens (including phenoxy) is 1. The molecule has 4 aliphatic rings. The summed E-state index contributed by atoms with van der Waals surface area (Å²) in [4.78, 5) is 0. The number of rotatable bonds is 2. The normalized spacial score (nSPS) is 53.9. The van der Waals surface area contributed by atoms with E-state index < -0.39 is 5.60 Å². The minimum atomic E-state index is -0.538. The van der Waals surface area contributed by atoms with Gasteiger partial charge in [0.25, 0.3) is 0 Å². The van der Waals surface area contributed by atoms with Gasteiger partial charge in [-0.1, -0.05) is 18.6 Å². The summed E-state index contributed by atoms with van der Waals surface area (Å²) in [6.07, 6.45) is 12.7. The fraction of sp³-hybridized carbons (Fsp3) is 0.905. The van der Waals surface area contributed by atoms with Crippen molar-refractivity contribution in [2.45, 2.75) is 70.8 Å². The van der Waals surface area contributed by atoms with Gasteiger partial charge in [0.05, 0.1) is 12.2 Å². The molecule has 4 rings (SSSR count). The first-order chi connectivity index (χ1) is 11.0. The molecule has 0 spiro atoms. The van der Waals surface area contributed by atoms with Gasteiger partial charge in [0.15, 0.2) is 0 Å². The monoisotopic (exact) mass is 318 g/mol. The maximum atomic E-state index is 10.9. The van der Waals surface area contributed by atoms with Crippen LogP contribution in [-0.4, -0.2) is 24.4 Å². The minimum Gasteiger partial charge on any atom is -0.387 e. The third-order valence-corrected chi connectivity index (χ3v) is 8.39. The molecule has 1 N–H and O–H groups in total. The molecule has 0 aromatic heterocycles. The predicted octanol–water partition coefficient (Wildman–Crippen LogP) is 4.57. The molecule has 0 aliphatic heterocycles. The van der Waals surface area contributed by atoms with Crippen molar-refractivity contribution in [1.82, 2.24) is 0 Å². The summed E-state index contributed by atoms with van der Waals surface area (Å²) in [7, 11) is 1.73. The summed E-state index contributed by atoms with van der Waals surface area (Å²) in [6.45, 7) is 5.33. The Morgan fingerprint density at radius 3 is 2.70 bits per heavy atom. The van der Waals surface area contributed by atoms with Crippen molar-refractivity contribution in [3.05, 3.63) is 11.6 Å². The maximum Gasteiger partial charge on any atom is 0.0885 e. The highest BCUT2D eigenvalue weighted by atomic mass is 16.5. The van der Waals surface area contributed by atoms with E-state index in [1.807, 2.05) is 0 Å².